The highest BCUT2D eigenvalue weighted by Gasteiger charge is 2.43. The van der Waals surface area contributed by atoms with Gasteiger partial charge in [-0.25, -0.2) is 0 Å². The third-order valence-corrected chi connectivity index (χ3v) is 4.37. The van der Waals surface area contributed by atoms with E-state index in [2.05, 4.69) is 5.32 Å². The van der Waals surface area contributed by atoms with Crippen molar-refractivity contribution in [2.24, 2.45) is 0 Å². The van der Waals surface area contributed by atoms with Gasteiger partial charge in [0, 0.05) is 10.7 Å². The van der Waals surface area contributed by atoms with E-state index < -0.39 is 17.2 Å². The number of nitrogens with one attached hydrogen (secondary N) is 1. The largest absolute Gasteiger partial charge is 0.416 e. The van der Waals surface area contributed by atoms with Crippen molar-refractivity contribution in [2.45, 2.75) is 24.9 Å². The Kier molecular flexibility index (Phi) is 3.64. The number of carbonyl (C=O) groups is 1. The average Bonchev–Trinajstić information content (AvgIpc) is 2.69. The first-order chi connectivity index (χ1) is 10.7. The van der Waals surface area contributed by atoms with Gasteiger partial charge in [-0.2, -0.15) is 13.2 Å². The molecule has 0 saturated heterocycles. The molecular formula is C17H13ClF3NO. The van der Waals surface area contributed by atoms with Crippen LogP contribution in [-0.4, -0.2) is 5.91 Å². The lowest BCUT2D eigenvalue weighted by molar-refractivity contribution is -0.137. The molecule has 120 valence electrons. The van der Waals surface area contributed by atoms with E-state index in [1.807, 2.05) is 0 Å². The van der Waals surface area contributed by atoms with Crippen LogP contribution in [0.4, 0.5) is 18.9 Å². The third-order valence-electron chi connectivity index (χ3n) is 4.14. The van der Waals surface area contributed by atoms with Crippen LogP contribution in [0.25, 0.3) is 0 Å². The third kappa shape index (κ3) is 2.81. The fraction of sp³-hybridized carbons (Fsp3) is 0.235. The van der Waals surface area contributed by atoms with E-state index in [0.717, 1.165) is 17.7 Å². The van der Waals surface area contributed by atoms with Crippen molar-refractivity contribution in [1.29, 1.82) is 0 Å². The molecule has 23 heavy (non-hydrogen) atoms. The van der Waals surface area contributed by atoms with Crippen LogP contribution < -0.4 is 5.32 Å². The number of anilines is 1. The lowest BCUT2D eigenvalue weighted by Crippen LogP contribution is -2.33. The van der Waals surface area contributed by atoms with Gasteiger partial charge in [-0.3, -0.25) is 4.79 Å². The second-order valence-corrected chi connectivity index (χ2v) is 6.29. The van der Waals surface area contributed by atoms with Crippen LogP contribution >= 0.6 is 11.6 Å². The summed E-state index contributed by atoms with van der Waals surface area (Å²) in [4.78, 5) is 12.4. The molecule has 0 saturated carbocycles. The summed E-state index contributed by atoms with van der Waals surface area (Å²) in [5, 5.41) is 3.24. The summed E-state index contributed by atoms with van der Waals surface area (Å²) in [6, 6.07) is 10.1. The first-order valence-corrected chi connectivity index (χ1v) is 7.35. The van der Waals surface area contributed by atoms with E-state index in [-0.39, 0.29) is 12.3 Å². The Morgan fingerprint density at radius 1 is 1.17 bits per heavy atom. The second kappa shape index (κ2) is 5.27. The molecule has 2 aromatic rings. The van der Waals surface area contributed by atoms with Crippen molar-refractivity contribution >= 4 is 23.2 Å². The predicted octanol–water partition coefficient (Wildman–Crippen LogP) is 4.81. The van der Waals surface area contributed by atoms with Crippen LogP contribution in [0.5, 0.6) is 0 Å². The highest BCUT2D eigenvalue weighted by molar-refractivity contribution is 6.31. The van der Waals surface area contributed by atoms with Gasteiger partial charge >= 0.3 is 6.18 Å². The van der Waals surface area contributed by atoms with Gasteiger partial charge in [0.1, 0.15) is 0 Å². The number of fused-ring (bicyclic) bond motifs is 1. The predicted molar refractivity (Wildman–Crippen MR) is 82.6 cm³/mol. The van der Waals surface area contributed by atoms with Crippen LogP contribution in [0.2, 0.25) is 5.02 Å². The molecule has 1 unspecified atom stereocenters. The summed E-state index contributed by atoms with van der Waals surface area (Å²) >= 11 is 5.92. The number of amides is 1. The molecule has 1 amide bonds. The molecule has 6 heteroatoms. The SMILES string of the molecule is CC1(Cc2cccc(C(F)(F)F)c2)C(=O)Nc2cc(Cl)ccc21. The molecule has 2 aromatic carbocycles. The number of halogens is 4. The number of alkyl halides is 3. The fourth-order valence-electron chi connectivity index (χ4n) is 2.92. The zero-order valence-electron chi connectivity index (χ0n) is 12.2. The number of hydrogen-bond donors (Lipinski definition) is 1. The van der Waals surface area contributed by atoms with Gasteiger partial charge in [0.15, 0.2) is 0 Å². The Labute approximate surface area is 136 Å². The van der Waals surface area contributed by atoms with Gasteiger partial charge in [-0.15, -0.1) is 0 Å². The van der Waals surface area contributed by atoms with Gasteiger partial charge in [0.2, 0.25) is 5.91 Å². The average molecular weight is 340 g/mol. The fourth-order valence-corrected chi connectivity index (χ4v) is 3.10. The molecule has 0 bridgehead atoms. The monoisotopic (exact) mass is 339 g/mol. The minimum Gasteiger partial charge on any atom is -0.325 e. The molecule has 1 aliphatic rings. The van der Waals surface area contributed by atoms with E-state index >= 15 is 0 Å². The van der Waals surface area contributed by atoms with Crippen LogP contribution in [0.1, 0.15) is 23.6 Å². The molecule has 0 aliphatic carbocycles. The van der Waals surface area contributed by atoms with Crippen LogP contribution in [0.3, 0.4) is 0 Å². The van der Waals surface area contributed by atoms with Gasteiger partial charge in [-0.05, 0) is 42.7 Å². The first kappa shape index (κ1) is 15.9. The van der Waals surface area contributed by atoms with E-state index in [1.54, 1.807) is 31.2 Å². The maximum atomic E-state index is 12.8. The van der Waals surface area contributed by atoms with E-state index in [9.17, 15) is 18.0 Å². The van der Waals surface area contributed by atoms with Gasteiger partial charge in [0.05, 0.1) is 11.0 Å². The molecule has 0 spiro atoms. The standard InChI is InChI=1S/C17H13ClF3NO/c1-16(9-10-3-2-4-11(7-10)17(19,20)21)13-6-5-12(18)8-14(13)22-15(16)23/h2-8H,9H2,1H3,(H,22,23). The molecule has 3 rings (SSSR count). The lowest BCUT2D eigenvalue weighted by atomic mass is 9.78. The van der Waals surface area contributed by atoms with Crippen molar-refractivity contribution in [2.75, 3.05) is 5.32 Å². The summed E-state index contributed by atoms with van der Waals surface area (Å²) in [5.41, 5.74) is 0.166. The van der Waals surface area contributed by atoms with Crippen LogP contribution in [0, 0.1) is 0 Å². The molecule has 2 nitrogen and oxygen atoms in total. The minimum atomic E-state index is -4.40. The molecule has 0 fully saturated rings. The normalized spacial score (nSPS) is 20.3. The van der Waals surface area contributed by atoms with Crippen LogP contribution in [-0.2, 0) is 22.8 Å². The molecule has 1 aliphatic heterocycles. The van der Waals surface area contributed by atoms with Crippen LogP contribution in [0.15, 0.2) is 42.5 Å². The zero-order valence-corrected chi connectivity index (χ0v) is 12.9. The Morgan fingerprint density at radius 2 is 1.91 bits per heavy atom. The van der Waals surface area contributed by atoms with Crippen molar-refractivity contribution in [1.82, 2.24) is 0 Å². The van der Waals surface area contributed by atoms with Crippen molar-refractivity contribution in [3.05, 3.63) is 64.2 Å². The number of carbonyl (C=O) groups excluding carboxylic acids is 1. The highest BCUT2D eigenvalue weighted by Crippen LogP contribution is 2.41. The van der Waals surface area contributed by atoms with Crippen molar-refractivity contribution in [3.63, 3.8) is 0 Å². The minimum absolute atomic E-state index is 0.178. The molecule has 1 atom stereocenters. The topological polar surface area (TPSA) is 29.1 Å². The van der Waals surface area contributed by atoms with E-state index in [1.165, 1.54) is 6.07 Å². The quantitative estimate of drug-likeness (QED) is 0.835. The summed E-state index contributed by atoms with van der Waals surface area (Å²) in [5.74, 6) is -0.243. The number of rotatable bonds is 2. The van der Waals surface area contributed by atoms with Crippen molar-refractivity contribution < 1.29 is 18.0 Å². The first-order valence-electron chi connectivity index (χ1n) is 6.98. The maximum Gasteiger partial charge on any atom is 0.416 e. The lowest BCUT2D eigenvalue weighted by Gasteiger charge is -2.23. The Morgan fingerprint density at radius 3 is 2.61 bits per heavy atom. The summed E-state index contributed by atoms with van der Waals surface area (Å²) < 4.78 is 38.5. The smallest absolute Gasteiger partial charge is 0.325 e. The summed E-state index contributed by atoms with van der Waals surface area (Å²) in [6.45, 7) is 1.72. The Bertz CT molecular complexity index is 788. The molecule has 1 heterocycles. The molecular weight excluding hydrogens is 327 g/mol. The van der Waals surface area contributed by atoms with E-state index in [0.29, 0.717) is 16.3 Å². The second-order valence-electron chi connectivity index (χ2n) is 5.85. The van der Waals surface area contributed by atoms with E-state index in [4.69, 9.17) is 11.6 Å². The summed E-state index contributed by atoms with van der Waals surface area (Å²) in [7, 11) is 0. The Hall–Kier alpha value is -2.01. The van der Waals surface area contributed by atoms with Gasteiger partial charge < -0.3 is 5.32 Å². The van der Waals surface area contributed by atoms with Crippen molar-refractivity contribution in [3.8, 4) is 0 Å². The van der Waals surface area contributed by atoms with Gasteiger partial charge in [-0.1, -0.05) is 35.9 Å². The molecule has 0 aromatic heterocycles. The number of benzene rings is 2. The molecule has 1 N–H and O–H groups in total. The Balaban J connectivity index is 1.99. The maximum absolute atomic E-state index is 12.8. The highest BCUT2D eigenvalue weighted by atomic mass is 35.5. The number of hydrogen-bond acceptors (Lipinski definition) is 1. The summed E-state index contributed by atoms with van der Waals surface area (Å²) in [6.07, 6.45) is -4.22. The van der Waals surface area contributed by atoms with Gasteiger partial charge in [0.25, 0.3) is 0 Å². The molecule has 0 radical (unpaired) electrons. The zero-order chi connectivity index (χ0) is 16.8.